The quantitative estimate of drug-likeness (QED) is 0.817. The van der Waals surface area contributed by atoms with Gasteiger partial charge in [0.25, 0.3) is 5.56 Å². The predicted octanol–water partition coefficient (Wildman–Crippen LogP) is 1.15. The topological polar surface area (TPSA) is 81.1 Å². The predicted molar refractivity (Wildman–Crippen MR) is 76.6 cm³/mol. The minimum Gasteiger partial charge on any atom is -0.381 e. The van der Waals surface area contributed by atoms with Gasteiger partial charge in [0.2, 0.25) is 0 Å². The number of aromatic nitrogens is 2. The molecule has 1 aromatic rings. The summed E-state index contributed by atoms with van der Waals surface area (Å²) >= 11 is 5.93. The molecule has 0 radical (unpaired) electrons. The van der Waals surface area contributed by atoms with E-state index < -0.39 is 9.84 Å². The number of nitrogens with one attached hydrogen (secondary N) is 1. The smallest absolute Gasteiger partial charge is 0.287 e. The first-order valence-corrected chi connectivity index (χ1v) is 8.31. The van der Waals surface area contributed by atoms with Gasteiger partial charge in [-0.1, -0.05) is 25.4 Å². The van der Waals surface area contributed by atoms with Crippen LogP contribution in [0.2, 0.25) is 5.02 Å². The molecule has 0 aliphatic carbocycles. The van der Waals surface area contributed by atoms with Crippen molar-refractivity contribution in [3.05, 3.63) is 21.6 Å². The van der Waals surface area contributed by atoms with Crippen molar-refractivity contribution in [2.45, 2.75) is 26.8 Å². The molecule has 0 spiro atoms. The molecule has 6 nitrogen and oxygen atoms in total. The zero-order valence-corrected chi connectivity index (χ0v) is 12.6. The van der Waals surface area contributed by atoms with Crippen LogP contribution in [0, 0.1) is 0 Å². The van der Waals surface area contributed by atoms with Crippen molar-refractivity contribution in [3.8, 4) is 0 Å². The summed E-state index contributed by atoms with van der Waals surface area (Å²) in [4.78, 5) is 11.8. The number of hydrogen-bond acceptors (Lipinski definition) is 5. The molecule has 0 aromatic carbocycles. The fourth-order valence-corrected chi connectivity index (χ4v) is 2.36. The first-order valence-electron chi connectivity index (χ1n) is 6.11. The number of aryl methyl sites for hydroxylation is 1. The van der Waals surface area contributed by atoms with Gasteiger partial charge >= 0.3 is 0 Å². The molecule has 8 heteroatoms. The molecule has 19 heavy (non-hydrogen) atoms. The third kappa shape index (κ3) is 4.50. The fourth-order valence-electron chi connectivity index (χ4n) is 1.44. The number of halogens is 1. The van der Waals surface area contributed by atoms with E-state index in [0.717, 1.165) is 6.42 Å². The van der Waals surface area contributed by atoms with E-state index in [4.69, 9.17) is 11.6 Å². The average Bonchev–Trinajstić information content (AvgIpc) is 2.38. The Balaban J connectivity index is 2.76. The van der Waals surface area contributed by atoms with Crippen molar-refractivity contribution in [1.29, 1.82) is 0 Å². The average molecular weight is 308 g/mol. The summed E-state index contributed by atoms with van der Waals surface area (Å²) in [5.74, 6) is 0.0939. The highest BCUT2D eigenvalue weighted by Gasteiger charge is 2.10. The Hall–Kier alpha value is -1.08. The summed E-state index contributed by atoms with van der Waals surface area (Å²) in [5, 5.41) is 6.84. The van der Waals surface area contributed by atoms with E-state index in [9.17, 15) is 13.2 Å². The Morgan fingerprint density at radius 2 is 2.11 bits per heavy atom. The number of sulfone groups is 1. The molecule has 0 saturated heterocycles. The van der Waals surface area contributed by atoms with E-state index in [1.807, 2.05) is 6.92 Å². The summed E-state index contributed by atoms with van der Waals surface area (Å²) < 4.78 is 23.9. The van der Waals surface area contributed by atoms with Crippen molar-refractivity contribution < 1.29 is 8.42 Å². The highest BCUT2D eigenvalue weighted by Crippen LogP contribution is 2.14. The van der Waals surface area contributed by atoms with Gasteiger partial charge in [-0.15, -0.1) is 0 Å². The first kappa shape index (κ1) is 16.0. The lowest BCUT2D eigenvalue weighted by Gasteiger charge is -2.09. The maximum atomic E-state index is 11.8. The SMILES string of the molecule is CCCn1ncc(NCCS(=O)(=O)CC)c(Cl)c1=O. The number of rotatable bonds is 7. The van der Waals surface area contributed by atoms with E-state index in [1.54, 1.807) is 6.92 Å². The van der Waals surface area contributed by atoms with Gasteiger partial charge in [-0.3, -0.25) is 4.79 Å². The van der Waals surface area contributed by atoms with Gasteiger partial charge in [0, 0.05) is 18.8 Å². The van der Waals surface area contributed by atoms with Crippen LogP contribution in [0.15, 0.2) is 11.0 Å². The van der Waals surface area contributed by atoms with Crippen LogP contribution in [-0.2, 0) is 16.4 Å². The molecule has 0 unspecified atom stereocenters. The normalized spacial score (nSPS) is 11.5. The van der Waals surface area contributed by atoms with Gasteiger partial charge in [-0.25, -0.2) is 13.1 Å². The molecular weight excluding hydrogens is 290 g/mol. The zero-order valence-electron chi connectivity index (χ0n) is 11.0. The maximum absolute atomic E-state index is 11.8. The standard InChI is InChI=1S/C11H18ClN3O3S/c1-3-6-15-11(16)10(12)9(8-14-15)13-5-7-19(17,18)4-2/h8,13H,3-7H2,1-2H3. The lowest BCUT2D eigenvalue weighted by atomic mass is 10.4. The Kier molecular flexibility index (Phi) is 5.81. The molecule has 1 N–H and O–H groups in total. The summed E-state index contributed by atoms with van der Waals surface area (Å²) in [7, 11) is -3.04. The molecule has 0 atom stereocenters. The van der Waals surface area contributed by atoms with Gasteiger partial charge < -0.3 is 5.32 Å². The second-order valence-electron chi connectivity index (χ2n) is 4.06. The second-order valence-corrected chi connectivity index (χ2v) is 6.91. The van der Waals surface area contributed by atoms with Gasteiger partial charge in [-0.2, -0.15) is 5.10 Å². The monoisotopic (exact) mass is 307 g/mol. The highest BCUT2D eigenvalue weighted by atomic mass is 35.5. The summed E-state index contributed by atoms with van der Waals surface area (Å²) in [6, 6.07) is 0. The van der Waals surface area contributed by atoms with E-state index in [0.29, 0.717) is 12.2 Å². The molecular formula is C11H18ClN3O3S. The maximum Gasteiger partial charge on any atom is 0.287 e. The van der Waals surface area contributed by atoms with Crippen LogP contribution in [0.25, 0.3) is 0 Å². The van der Waals surface area contributed by atoms with Crippen LogP contribution in [0.1, 0.15) is 20.3 Å². The highest BCUT2D eigenvalue weighted by molar-refractivity contribution is 7.91. The molecule has 1 heterocycles. The Morgan fingerprint density at radius 3 is 2.68 bits per heavy atom. The summed E-state index contributed by atoms with van der Waals surface area (Å²) in [5.41, 5.74) is -0.00260. The molecule has 0 bridgehead atoms. The van der Waals surface area contributed by atoms with Gasteiger partial charge in [0.15, 0.2) is 9.84 Å². The molecule has 1 aromatic heterocycles. The van der Waals surface area contributed by atoms with E-state index in [1.165, 1.54) is 10.9 Å². The van der Waals surface area contributed by atoms with E-state index in [2.05, 4.69) is 10.4 Å². The van der Waals surface area contributed by atoms with Crippen LogP contribution in [0.3, 0.4) is 0 Å². The molecule has 0 aliphatic heterocycles. The van der Waals surface area contributed by atoms with Crippen LogP contribution >= 0.6 is 11.6 Å². The molecule has 0 amide bonds. The van der Waals surface area contributed by atoms with Gasteiger partial charge in [-0.05, 0) is 6.42 Å². The van der Waals surface area contributed by atoms with Crippen molar-refractivity contribution in [3.63, 3.8) is 0 Å². The second kappa shape index (κ2) is 6.91. The third-order valence-electron chi connectivity index (χ3n) is 2.59. The lowest BCUT2D eigenvalue weighted by Crippen LogP contribution is -2.25. The molecule has 1 rings (SSSR count). The zero-order chi connectivity index (χ0) is 14.5. The van der Waals surface area contributed by atoms with Crippen LogP contribution in [0.4, 0.5) is 5.69 Å². The van der Waals surface area contributed by atoms with Crippen LogP contribution in [0.5, 0.6) is 0 Å². The number of nitrogens with zero attached hydrogens (tertiary/aromatic N) is 2. The van der Waals surface area contributed by atoms with Gasteiger partial charge in [0.1, 0.15) is 5.02 Å². The Bertz CT molecular complexity index is 583. The van der Waals surface area contributed by atoms with Gasteiger partial charge in [0.05, 0.1) is 17.6 Å². The summed E-state index contributed by atoms with van der Waals surface area (Å²) in [6.45, 7) is 4.23. The molecule has 0 saturated carbocycles. The Labute approximate surface area is 117 Å². The Morgan fingerprint density at radius 1 is 1.42 bits per heavy atom. The fraction of sp³-hybridized carbons (Fsp3) is 0.636. The molecule has 108 valence electrons. The van der Waals surface area contributed by atoms with E-state index in [-0.39, 0.29) is 28.6 Å². The van der Waals surface area contributed by atoms with Crippen LogP contribution < -0.4 is 10.9 Å². The molecule has 0 aliphatic rings. The van der Waals surface area contributed by atoms with Crippen molar-refractivity contribution >= 4 is 27.1 Å². The summed E-state index contributed by atoms with van der Waals surface area (Å²) in [6.07, 6.45) is 2.22. The van der Waals surface area contributed by atoms with Crippen molar-refractivity contribution in [2.75, 3.05) is 23.4 Å². The largest absolute Gasteiger partial charge is 0.381 e. The van der Waals surface area contributed by atoms with Crippen molar-refractivity contribution in [2.24, 2.45) is 0 Å². The minimum absolute atomic E-state index is 0.00211. The minimum atomic E-state index is -3.04. The van der Waals surface area contributed by atoms with Crippen LogP contribution in [-0.4, -0.2) is 36.2 Å². The van der Waals surface area contributed by atoms with E-state index >= 15 is 0 Å². The molecule has 0 fully saturated rings. The number of hydrogen-bond donors (Lipinski definition) is 1. The first-order chi connectivity index (χ1) is 8.91. The third-order valence-corrected chi connectivity index (χ3v) is 4.66. The van der Waals surface area contributed by atoms with Crippen molar-refractivity contribution in [1.82, 2.24) is 9.78 Å². The number of anilines is 1. The lowest BCUT2D eigenvalue weighted by molar-refractivity contribution is 0.568.